The molecule has 3 heteroatoms. The lowest BCUT2D eigenvalue weighted by atomic mass is 9.87. The van der Waals surface area contributed by atoms with Crippen molar-refractivity contribution < 1.29 is 5.11 Å². The van der Waals surface area contributed by atoms with E-state index in [1.54, 1.807) is 0 Å². The van der Waals surface area contributed by atoms with Gasteiger partial charge in [0.1, 0.15) is 0 Å². The summed E-state index contributed by atoms with van der Waals surface area (Å²) in [5, 5.41) is 10.7. The minimum atomic E-state index is -0.480. The van der Waals surface area contributed by atoms with Crippen molar-refractivity contribution in [3.05, 3.63) is 29.8 Å². The molecule has 0 spiro atoms. The molecule has 0 aromatic heterocycles. The summed E-state index contributed by atoms with van der Waals surface area (Å²) in [6.07, 6.45) is 6.80. The second-order valence-electron chi connectivity index (χ2n) is 5.86. The Hall–Kier alpha value is -0.510. The van der Waals surface area contributed by atoms with E-state index in [0.717, 1.165) is 57.2 Å². The second-order valence-corrected chi connectivity index (χ2v) is 7.03. The summed E-state index contributed by atoms with van der Waals surface area (Å²) in [7, 11) is 0. The van der Waals surface area contributed by atoms with Crippen molar-refractivity contribution in [2.45, 2.75) is 69.3 Å². The first-order valence-corrected chi connectivity index (χ1v) is 9.26. The Balaban J connectivity index is 2.55. The second kappa shape index (κ2) is 10.3. The van der Waals surface area contributed by atoms with Crippen LogP contribution in [0.4, 0.5) is 0 Å². The number of rotatable bonds is 11. The molecule has 0 heterocycles. The minimum Gasteiger partial charge on any atom is -0.390 e. The zero-order valence-corrected chi connectivity index (χ0v) is 14.4. The van der Waals surface area contributed by atoms with Gasteiger partial charge >= 0.3 is 0 Å². The number of thioether (sulfide) groups is 1. The molecule has 0 radical (unpaired) electrons. The van der Waals surface area contributed by atoms with Crippen LogP contribution in [0.3, 0.4) is 0 Å². The molecular weight excluding hydrogens is 278 g/mol. The third-order valence-electron chi connectivity index (χ3n) is 3.83. The van der Waals surface area contributed by atoms with Crippen LogP contribution in [0.25, 0.3) is 0 Å². The van der Waals surface area contributed by atoms with E-state index in [-0.39, 0.29) is 0 Å². The highest BCUT2D eigenvalue weighted by Gasteiger charge is 2.24. The Labute approximate surface area is 134 Å². The van der Waals surface area contributed by atoms with Crippen molar-refractivity contribution in [3.8, 4) is 0 Å². The average Bonchev–Trinajstić information content (AvgIpc) is 2.47. The molecule has 0 unspecified atom stereocenters. The molecule has 0 saturated heterocycles. The highest BCUT2D eigenvalue weighted by Crippen LogP contribution is 2.27. The van der Waals surface area contributed by atoms with Gasteiger partial charge in [-0.3, -0.25) is 0 Å². The molecule has 2 nitrogen and oxygen atoms in total. The van der Waals surface area contributed by atoms with Gasteiger partial charge in [0.2, 0.25) is 0 Å². The monoisotopic (exact) mass is 309 g/mol. The van der Waals surface area contributed by atoms with Gasteiger partial charge in [-0.05, 0) is 62.1 Å². The summed E-state index contributed by atoms with van der Waals surface area (Å²) in [5.41, 5.74) is 6.39. The molecule has 0 aliphatic carbocycles. The molecule has 1 aromatic rings. The first kappa shape index (κ1) is 18.5. The molecule has 0 aliphatic rings. The van der Waals surface area contributed by atoms with E-state index in [1.165, 1.54) is 10.5 Å². The topological polar surface area (TPSA) is 46.2 Å². The van der Waals surface area contributed by atoms with Gasteiger partial charge in [-0.1, -0.05) is 38.8 Å². The van der Waals surface area contributed by atoms with E-state index < -0.39 is 5.60 Å². The van der Waals surface area contributed by atoms with Crippen molar-refractivity contribution in [1.82, 2.24) is 0 Å². The Kier molecular flexibility index (Phi) is 9.05. The van der Waals surface area contributed by atoms with Gasteiger partial charge in [0.25, 0.3) is 0 Å². The summed E-state index contributed by atoms with van der Waals surface area (Å²) >= 11 is 1.87. The Morgan fingerprint density at radius 2 is 1.86 bits per heavy atom. The van der Waals surface area contributed by atoms with Crippen molar-refractivity contribution in [3.63, 3.8) is 0 Å². The SMILES string of the molecule is CCCC(O)(CCC)CCc1cccc(SCCCN)c1. The van der Waals surface area contributed by atoms with Crippen molar-refractivity contribution >= 4 is 11.8 Å². The summed E-state index contributed by atoms with van der Waals surface area (Å²) in [6.45, 7) is 5.05. The van der Waals surface area contributed by atoms with E-state index in [9.17, 15) is 5.11 Å². The first-order valence-electron chi connectivity index (χ1n) is 8.27. The van der Waals surface area contributed by atoms with Gasteiger partial charge in [0.05, 0.1) is 5.60 Å². The number of aliphatic hydroxyl groups is 1. The fraction of sp³-hybridized carbons (Fsp3) is 0.667. The van der Waals surface area contributed by atoms with Crippen LogP contribution in [0.1, 0.15) is 57.9 Å². The summed E-state index contributed by atoms with van der Waals surface area (Å²) in [6, 6.07) is 8.72. The number of benzene rings is 1. The molecule has 120 valence electrons. The molecule has 1 rings (SSSR count). The largest absolute Gasteiger partial charge is 0.390 e. The third-order valence-corrected chi connectivity index (χ3v) is 4.91. The predicted molar refractivity (Wildman–Crippen MR) is 93.9 cm³/mol. The van der Waals surface area contributed by atoms with Crippen molar-refractivity contribution in [1.29, 1.82) is 0 Å². The van der Waals surface area contributed by atoms with E-state index in [4.69, 9.17) is 5.73 Å². The smallest absolute Gasteiger partial charge is 0.0650 e. The molecule has 3 N–H and O–H groups in total. The van der Waals surface area contributed by atoms with Crippen LogP contribution in [0.2, 0.25) is 0 Å². The Morgan fingerprint density at radius 3 is 2.48 bits per heavy atom. The lowest BCUT2D eigenvalue weighted by Crippen LogP contribution is -2.28. The lowest BCUT2D eigenvalue weighted by Gasteiger charge is -2.27. The summed E-state index contributed by atoms with van der Waals surface area (Å²) in [4.78, 5) is 1.32. The first-order chi connectivity index (χ1) is 10.1. The number of hydrogen-bond acceptors (Lipinski definition) is 3. The number of aryl methyl sites for hydroxylation is 1. The molecule has 0 amide bonds. The predicted octanol–water partition coefficient (Wildman–Crippen LogP) is 4.39. The van der Waals surface area contributed by atoms with Gasteiger partial charge in [0.15, 0.2) is 0 Å². The van der Waals surface area contributed by atoms with Gasteiger partial charge < -0.3 is 10.8 Å². The molecule has 1 aromatic carbocycles. The van der Waals surface area contributed by atoms with Crippen LogP contribution in [0, 0.1) is 0 Å². The fourth-order valence-corrected chi connectivity index (χ4v) is 3.70. The standard InChI is InChI=1S/C18H31NOS/c1-3-10-18(20,11-4-2)12-9-16-7-5-8-17(15-16)21-14-6-13-19/h5,7-8,15,20H,3-4,6,9-14,19H2,1-2H3. The minimum absolute atomic E-state index is 0.480. The van der Waals surface area contributed by atoms with Crippen molar-refractivity contribution in [2.24, 2.45) is 5.73 Å². The average molecular weight is 310 g/mol. The van der Waals surface area contributed by atoms with Gasteiger partial charge in [-0.25, -0.2) is 0 Å². The number of hydrogen-bond donors (Lipinski definition) is 2. The van der Waals surface area contributed by atoms with Crippen LogP contribution in [0.15, 0.2) is 29.2 Å². The molecule has 0 bridgehead atoms. The van der Waals surface area contributed by atoms with Crippen LogP contribution in [-0.2, 0) is 6.42 Å². The maximum atomic E-state index is 10.7. The zero-order chi connectivity index (χ0) is 15.6. The molecule has 0 aliphatic heterocycles. The number of nitrogens with two attached hydrogens (primary N) is 1. The highest BCUT2D eigenvalue weighted by atomic mass is 32.2. The molecule has 21 heavy (non-hydrogen) atoms. The van der Waals surface area contributed by atoms with Crippen molar-refractivity contribution in [2.75, 3.05) is 12.3 Å². The highest BCUT2D eigenvalue weighted by molar-refractivity contribution is 7.99. The van der Waals surface area contributed by atoms with Gasteiger partial charge in [-0.15, -0.1) is 11.8 Å². The zero-order valence-electron chi connectivity index (χ0n) is 13.6. The van der Waals surface area contributed by atoms with E-state index >= 15 is 0 Å². The van der Waals surface area contributed by atoms with Crippen LogP contribution >= 0.6 is 11.8 Å². The molecule has 0 saturated carbocycles. The molecular formula is C18H31NOS. The van der Waals surface area contributed by atoms with Gasteiger partial charge in [0, 0.05) is 4.90 Å². The fourth-order valence-electron chi connectivity index (χ4n) is 2.75. The maximum Gasteiger partial charge on any atom is 0.0650 e. The normalized spacial score (nSPS) is 11.8. The lowest BCUT2D eigenvalue weighted by molar-refractivity contribution is 0.0132. The maximum absolute atomic E-state index is 10.7. The Bertz CT molecular complexity index is 389. The quantitative estimate of drug-likeness (QED) is 0.471. The third kappa shape index (κ3) is 7.35. The van der Waals surface area contributed by atoms with E-state index in [1.807, 2.05) is 11.8 Å². The Morgan fingerprint density at radius 1 is 1.14 bits per heavy atom. The van der Waals surface area contributed by atoms with Crippen LogP contribution in [-0.4, -0.2) is 23.0 Å². The van der Waals surface area contributed by atoms with E-state index in [0.29, 0.717) is 0 Å². The van der Waals surface area contributed by atoms with Crippen LogP contribution < -0.4 is 5.73 Å². The summed E-state index contributed by atoms with van der Waals surface area (Å²) in [5.74, 6) is 1.08. The molecule has 0 atom stereocenters. The summed E-state index contributed by atoms with van der Waals surface area (Å²) < 4.78 is 0. The molecule has 0 fully saturated rings. The van der Waals surface area contributed by atoms with Gasteiger partial charge in [-0.2, -0.15) is 0 Å². The van der Waals surface area contributed by atoms with E-state index in [2.05, 4.69) is 38.1 Å². The van der Waals surface area contributed by atoms with Crippen LogP contribution in [0.5, 0.6) is 0 Å².